The van der Waals surface area contributed by atoms with Crippen molar-refractivity contribution in [3.8, 4) is 0 Å². The molecule has 0 saturated carbocycles. The van der Waals surface area contributed by atoms with E-state index in [1.807, 2.05) is 0 Å². The van der Waals surface area contributed by atoms with E-state index in [2.05, 4.69) is 34.6 Å². The van der Waals surface area contributed by atoms with Gasteiger partial charge in [0.25, 0.3) is 0 Å². The molecule has 6 atom stereocenters. The quantitative estimate of drug-likeness (QED) is 0.0222. The molecule has 504 valence electrons. The van der Waals surface area contributed by atoms with Crippen LogP contribution in [0.4, 0.5) is 0 Å². The molecule has 0 amide bonds. The lowest BCUT2D eigenvalue weighted by molar-refractivity contribution is -0.161. The zero-order chi connectivity index (χ0) is 62.8. The van der Waals surface area contributed by atoms with Gasteiger partial charge in [-0.05, 0) is 31.6 Å². The first-order valence-electron chi connectivity index (χ1n) is 34.7. The van der Waals surface area contributed by atoms with E-state index in [9.17, 15) is 43.2 Å². The Labute approximate surface area is 517 Å². The molecule has 85 heavy (non-hydrogen) atoms. The number of hydrogen-bond donors (Lipinski definition) is 3. The molecule has 0 aromatic carbocycles. The molecule has 19 heteroatoms. The molecule has 0 aliphatic rings. The van der Waals surface area contributed by atoms with Gasteiger partial charge in [0, 0.05) is 25.7 Å². The normalized spacial score (nSPS) is 14.5. The molecule has 0 rings (SSSR count). The maximum absolute atomic E-state index is 13.0. The summed E-state index contributed by atoms with van der Waals surface area (Å²) in [6, 6.07) is 0. The second-order valence-corrected chi connectivity index (χ2v) is 27.0. The molecule has 0 bridgehead atoms. The highest BCUT2D eigenvalue weighted by atomic mass is 31.2. The van der Waals surface area contributed by atoms with Gasteiger partial charge in [-0.1, -0.05) is 285 Å². The monoisotopic (exact) mass is 1250 g/mol. The van der Waals surface area contributed by atoms with Crippen LogP contribution >= 0.6 is 15.6 Å². The topological polar surface area (TPSA) is 237 Å². The summed E-state index contributed by atoms with van der Waals surface area (Å²) in [6.45, 7) is 7.15. The Balaban J connectivity index is 5.16. The van der Waals surface area contributed by atoms with E-state index >= 15 is 0 Å². The third-order valence-electron chi connectivity index (χ3n) is 15.6. The van der Waals surface area contributed by atoms with Crippen molar-refractivity contribution < 1.29 is 80.2 Å². The van der Waals surface area contributed by atoms with Gasteiger partial charge in [0.1, 0.15) is 19.3 Å². The maximum atomic E-state index is 13.0. The van der Waals surface area contributed by atoms with Crippen LogP contribution in [-0.4, -0.2) is 96.7 Å². The molecule has 0 heterocycles. The fourth-order valence-electron chi connectivity index (χ4n) is 9.90. The number of aliphatic hydroxyl groups is 1. The molecule has 0 radical (unpaired) electrons. The van der Waals surface area contributed by atoms with Crippen molar-refractivity contribution in [1.29, 1.82) is 0 Å². The number of unbranched alkanes of at least 4 members (excludes halogenated alkanes) is 37. The predicted molar refractivity (Wildman–Crippen MR) is 340 cm³/mol. The Hall–Kier alpha value is -1.94. The molecule has 0 aromatic rings. The van der Waals surface area contributed by atoms with Crippen LogP contribution in [0, 0.1) is 5.92 Å². The van der Waals surface area contributed by atoms with Gasteiger partial charge in [-0.3, -0.25) is 37.3 Å². The van der Waals surface area contributed by atoms with Crippen molar-refractivity contribution in [1.82, 2.24) is 0 Å². The van der Waals surface area contributed by atoms with Crippen molar-refractivity contribution in [3.05, 3.63) is 0 Å². The van der Waals surface area contributed by atoms with E-state index in [1.54, 1.807) is 0 Å². The van der Waals surface area contributed by atoms with Gasteiger partial charge in [0.05, 0.1) is 26.4 Å². The molecule has 0 aliphatic heterocycles. The molecular weight excluding hydrogens is 1130 g/mol. The van der Waals surface area contributed by atoms with E-state index in [-0.39, 0.29) is 25.7 Å². The van der Waals surface area contributed by atoms with Crippen LogP contribution in [0.3, 0.4) is 0 Å². The highest BCUT2D eigenvalue weighted by molar-refractivity contribution is 7.47. The molecule has 0 aliphatic carbocycles. The number of rotatable bonds is 66. The fourth-order valence-corrected chi connectivity index (χ4v) is 11.5. The SMILES string of the molecule is CCCCCCCCCCCCCCCCCCCCC(=O)O[C@H](COC(=O)CCCCCCCCCCC(C)CC)COP(=O)(O)OC[C@@H](O)COP(=O)(O)OC[C@@H](COC(=O)CCCCCCCCC)OC(=O)CCCCCCCCCC. The zero-order valence-corrected chi connectivity index (χ0v) is 56.5. The Morgan fingerprint density at radius 1 is 0.329 bits per heavy atom. The van der Waals surface area contributed by atoms with Crippen LogP contribution in [0.25, 0.3) is 0 Å². The highest BCUT2D eigenvalue weighted by Gasteiger charge is 2.30. The third kappa shape index (κ3) is 59.5. The lowest BCUT2D eigenvalue weighted by Gasteiger charge is -2.21. The van der Waals surface area contributed by atoms with Gasteiger partial charge in [0.2, 0.25) is 0 Å². The fraction of sp³-hybridized carbons (Fsp3) is 0.939. The van der Waals surface area contributed by atoms with Crippen molar-refractivity contribution in [2.75, 3.05) is 39.6 Å². The van der Waals surface area contributed by atoms with E-state index in [0.29, 0.717) is 25.7 Å². The Kier molecular flexibility index (Phi) is 58.3. The van der Waals surface area contributed by atoms with Crippen LogP contribution in [0.1, 0.15) is 336 Å². The van der Waals surface area contributed by atoms with Crippen LogP contribution in [0.2, 0.25) is 0 Å². The lowest BCUT2D eigenvalue weighted by atomic mass is 9.99. The number of ether oxygens (including phenoxy) is 4. The largest absolute Gasteiger partial charge is 0.472 e. The van der Waals surface area contributed by atoms with Crippen LogP contribution < -0.4 is 0 Å². The average molecular weight is 1260 g/mol. The second kappa shape index (κ2) is 59.7. The smallest absolute Gasteiger partial charge is 0.462 e. The van der Waals surface area contributed by atoms with Crippen molar-refractivity contribution in [2.24, 2.45) is 5.92 Å². The standard InChI is InChI=1S/C66H128O17P2/c1-6-10-13-16-19-21-22-23-24-25-26-27-28-29-30-37-42-47-52-66(71)83-62(56-77-64(69)50-45-40-36-32-31-34-38-43-48-59(5)9-4)58-81-85(74,75)79-54-60(67)53-78-84(72,73)80-57-61(55-76-63(68)49-44-39-33-18-15-12-8-3)82-65(70)51-46-41-35-20-17-14-11-7-2/h59-62,67H,6-58H2,1-5H3,(H,72,73)(H,74,75)/t59?,60-,61+,62+/m0/s1. The van der Waals surface area contributed by atoms with Crippen LogP contribution in [-0.2, 0) is 65.4 Å². The van der Waals surface area contributed by atoms with Gasteiger partial charge < -0.3 is 33.8 Å². The summed E-state index contributed by atoms with van der Waals surface area (Å²) in [7, 11) is -9.88. The highest BCUT2D eigenvalue weighted by Crippen LogP contribution is 2.45. The van der Waals surface area contributed by atoms with Gasteiger partial charge >= 0.3 is 39.5 Å². The minimum Gasteiger partial charge on any atom is -0.462 e. The molecule has 3 unspecified atom stereocenters. The summed E-state index contributed by atoms with van der Waals surface area (Å²) in [4.78, 5) is 72.1. The van der Waals surface area contributed by atoms with E-state index < -0.39 is 97.5 Å². The van der Waals surface area contributed by atoms with Crippen LogP contribution in [0.15, 0.2) is 0 Å². The zero-order valence-electron chi connectivity index (χ0n) is 54.7. The van der Waals surface area contributed by atoms with Crippen molar-refractivity contribution >= 4 is 39.5 Å². The number of hydrogen-bond acceptors (Lipinski definition) is 15. The molecule has 0 fully saturated rings. The number of phosphoric ester groups is 2. The predicted octanol–water partition coefficient (Wildman–Crippen LogP) is 18.6. The van der Waals surface area contributed by atoms with Crippen LogP contribution in [0.5, 0.6) is 0 Å². The summed E-state index contributed by atoms with van der Waals surface area (Å²) in [5, 5.41) is 10.5. The van der Waals surface area contributed by atoms with E-state index in [0.717, 1.165) is 115 Å². The molecular formula is C66H128O17P2. The first kappa shape index (κ1) is 83.1. The molecule has 0 saturated heterocycles. The van der Waals surface area contributed by atoms with Gasteiger partial charge in [-0.25, -0.2) is 9.13 Å². The van der Waals surface area contributed by atoms with Gasteiger partial charge in [0.15, 0.2) is 12.2 Å². The first-order valence-corrected chi connectivity index (χ1v) is 37.7. The van der Waals surface area contributed by atoms with E-state index in [1.165, 1.54) is 141 Å². The maximum Gasteiger partial charge on any atom is 0.472 e. The Morgan fingerprint density at radius 2 is 0.565 bits per heavy atom. The Morgan fingerprint density at radius 3 is 0.835 bits per heavy atom. The van der Waals surface area contributed by atoms with Crippen molar-refractivity contribution in [2.45, 2.75) is 355 Å². The number of esters is 4. The lowest BCUT2D eigenvalue weighted by Crippen LogP contribution is -2.30. The van der Waals surface area contributed by atoms with Gasteiger partial charge in [-0.2, -0.15) is 0 Å². The summed E-state index contributed by atoms with van der Waals surface area (Å²) >= 11 is 0. The summed E-state index contributed by atoms with van der Waals surface area (Å²) in [6.07, 6.45) is 44.6. The summed E-state index contributed by atoms with van der Waals surface area (Å²) in [5.41, 5.74) is 0. The minimum atomic E-state index is -4.95. The van der Waals surface area contributed by atoms with Gasteiger partial charge in [-0.15, -0.1) is 0 Å². The van der Waals surface area contributed by atoms with E-state index in [4.69, 9.17) is 37.0 Å². The van der Waals surface area contributed by atoms with Crippen molar-refractivity contribution in [3.63, 3.8) is 0 Å². The first-order chi connectivity index (χ1) is 41.1. The summed E-state index contributed by atoms with van der Waals surface area (Å²) < 4.78 is 67.9. The second-order valence-electron chi connectivity index (χ2n) is 24.1. The summed E-state index contributed by atoms with van der Waals surface area (Å²) in [5.74, 6) is -1.36. The number of aliphatic hydroxyl groups excluding tert-OH is 1. The minimum absolute atomic E-state index is 0.105. The molecule has 3 N–H and O–H groups in total. The number of carbonyl (C=O) groups excluding carboxylic acids is 4. The number of carbonyl (C=O) groups is 4. The number of phosphoric acid groups is 2. The molecule has 0 aromatic heterocycles. The average Bonchev–Trinajstić information content (AvgIpc) is 3.53. The molecule has 0 spiro atoms. The molecule has 17 nitrogen and oxygen atoms in total. The third-order valence-corrected chi connectivity index (χ3v) is 17.5. The Bertz CT molecular complexity index is 1650.